The van der Waals surface area contributed by atoms with E-state index in [9.17, 15) is 19.8 Å². The maximum absolute atomic E-state index is 12.2. The fraction of sp³-hybridized carbons (Fsp3) is 0.815. The number of aliphatic hydroxyl groups excluding tert-OH is 1. The number of oxime groups is 1. The third-order valence-electron chi connectivity index (χ3n) is 10.1. The van der Waals surface area contributed by atoms with Gasteiger partial charge < -0.3 is 20.4 Å². The topological polar surface area (TPSA) is 108 Å². The summed E-state index contributed by atoms with van der Waals surface area (Å²) in [6.45, 7) is 8.17. The number of carboxylic acids is 1. The van der Waals surface area contributed by atoms with Crippen LogP contribution in [0.5, 0.6) is 0 Å². The second-order valence-electron chi connectivity index (χ2n) is 11.8. The lowest BCUT2D eigenvalue weighted by Gasteiger charge is -2.57. The zero-order chi connectivity index (χ0) is 24.7. The van der Waals surface area contributed by atoms with Crippen LogP contribution < -0.4 is 5.32 Å². The van der Waals surface area contributed by atoms with Gasteiger partial charge in [-0.05, 0) is 91.9 Å². The van der Waals surface area contributed by atoms with Crippen LogP contribution in [-0.4, -0.2) is 46.6 Å². The van der Waals surface area contributed by atoms with Crippen LogP contribution in [0.15, 0.2) is 16.8 Å². The minimum absolute atomic E-state index is 0.100. The zero-order valence-corrected chi connectivity index (χ0v) is 21.2. The summed E-state index contributed by atoms with van der Waals surface area (Å²) in [5.41, 5.74) is 2.60. The number of allylic oxidation sites excluding steroid dienone is 2. The van der Waals surface area contributed by atoms with E-state index in [1.807, 2.05) is 13.8 Å². The van der Waals surface area contributed by atoms with E-state index in [0.29, 0.717) is 24.2 Å². The molecule has 4 aliphatic carbocycles. The van der Waals surface area contributed by atoms with E-state index in [0.717, 1.165) is 44.2 Å². The number of nitrogens with one attached hydrogen (secondary N) is 1. The number of carbonyl (C=O) groups excluding carboxylic acids is 1. The first-order valence-electron chi connectivity index (χ1n) is 13.2. The molecule has 0 aromatic carbocycles. The van der Waals surface area contributed by atoms with Crippen LogP contribution in [0.4, 0.5) is 0 Å². The molecule has 0 unspecified atom stereocenters. The molecule has 0 aromatic heterocycles. The molecule has 4 rings (SSSR count). The van der Waals surface area contributed by atoms with Gasteiger partial charge in [-0.3, -0.25) is 4.79 Å². The molecule has 0 aromatic rings. The summed E-state index contributed by atoms with van der Waals surface area (Å²) < 4.78 is 0. The maximum Gasteiger partial charge on any atom is 0.326 e. The van der Waals surface area contributed by atoms with Crippen LogP contribution in [-0.2, 0) is 14.4 Å². The molecule has 190 valence electrons. The molecule has 0 aliphatic heterocycles. The van der Waals surface area contributed by atoms with E-state index in [4.69, 9.17) is 4.84 Å². The number of nitrogens with zero attached hydrogens (tertiary/aromatic N) is 1. The van der Waals surface area contributed by atoms with E-state index < -0.39 is 17.9 Å². The van der Waals surface area contributed by atoms with Gasteiger partial charge in [0, 0.05) is 0 Å². The van der Waals surface area contributed by atoms with E-state index in [-0.39, 0.29) is 29.5 Å². The lowest BCUT2D eigenvalue weighted by atomic mass is 9.47. The lowest BCUT2D eigenvalue weighted by molar-refractivity contribution is -0.144. The molecular weight excluding hydrogens is 432 g/mol. The number of amides is 1. The summed E-state index contributed by atoms with van der Waals surface area (Å²) >= 11 is 0. The number of carbonyl (C=O) groups is 2. The van der Waals surface area contributed by atoms with Crippen molar-refractivity contribution in [2.45, 2.75) is 97.6 Å². The lowest BCUT2D eigenvalue weighted by Crippen LogP contribution is -2.51. The second-order valence-corrected chi connectivity index (χ2v) is 11.8. The molecule has 34 heavy (non-hydrogen) atoms. The largest absolute Gasteiger partial charge is 0.480 e. The maximum atomic E-state index is 12.2. The van der Waals surface area contributed by atoms with Gasteiger partial charge in [0.1, 0.15) is 6.04 Å². The number of hydrogen-bond acceptors (Lipinski definition) is 5. The fourth-order valence-corrected chi connectivity index (χ4v) is 7.69. The molecular formula is C27H42N2O5. The summed E-state index contributed by atoms with van der Waals surface area (Å²) in [6, 6.07) is -0.917. The molecule has 4 aliphatic rings. The Morgan fingerprint density at radius 2 is 1.94 bits per heavy atom. The Labute approximate surface area is 203 Å². The summed E-state index contributed by atoms with van der Waals surface area (Å²) in [4.78, 5) is 28.9. The molecule has 3 saturated carbocycles. The van der Waals surface area contributed by atoms with Crippen LogP contribution >= 0.6 is 0 Å². The first-order chi connectivity index (χ1) is 16.1. The van der Waals surface area contributed by atoms with E-state index >= 15 is 0 Å². The minimum atomic E-state index is -1.03. The third kappa shape index (κ3) is 4.40. The fourth-order valence-electron chi connectivity index (χ4n) is 7.69. The second kappa shape index (κ2) is 9.63. The molecule has 7 nitrogen and oxygen atoms in total. The van der Waals surface area contributed by atoms with Gasteiger partial charge in [0.25, 0.3) is 5.91 Å². The number of rotatable bonds is 7. The van der Waals surface area contributed by atoms with Crippen molar-refractivity contribution >= 4 is 17.6 Å². The summed E-state index contributed by atoms with van der Waals surface area (Å²) in [5.74, 6) is 0.350. The monoisotopic (exact) mass is 474 g/mol. The predicted octanol–water partition coefficient (Wildman–Crippen LogP) is 4.30. The van der Waals surface area contributed by atoms with Crippen molar-refractivity contribution < 1.29 is 24.6 Å². The first kappa shape index (κ1) is 25.2. The van der Waals surface area contributed by atoms with Crippen LogP contribution in [0, 0.1) is 34.5 Å². The van der Waals surface area contributed by atoms with Crippen molar-refractivity contribution in [2.75, 3.05) is 6.61 Å². The van der Waals surface area contributed by atoms with Crippen LogP contribution in [0.25, 0.3) is 0 Å². The smallest absolute Gasteiger partial charge is 0.326 e. The third-order valence-corrected chi connectivity index (χ3v) is 10.1. The van der Waals surface area contributed by atoms with Gasteiger partial charge in [-0.15, -0.1) is 0 Å². The average Bonchev–Trinajstić information content (AvgIpc) is 3.11. The predicted molar refractivity (Wildman–Crippen MR) is 130 cm³/mol. The Morgan fingerprint density at radius 3 is 2.65 bits per heavy atom. The number of carboxylic acid groups (broad SMARTS) is 1. The van der Waals surface area contributed by atoms with Crippen molar-refractivity contribution in [3.63, 3.8) is 0 Å². The van der Waals surface area contributed by atoms with Gasteiger partial charge >= 0.3 is 5.97 Å². The van der Waals surface area contributed by atoms with Crippen LogP contribution in [0.3, 0.4) is 0 Å². The molecule has 3 fully saturated rings. The van der Waals surface area contributed by atoms with Crippen molar-refractivity contribution in [2.24, 2.45) is 39.7 Å². The standard InChI is InChI=1S/C27H42N2O5/c1-5-16(2)24(25(32)33)28-23(31)15-34-29-18-10-12-26(3)17(14-18)6-7-19-20-8-9-22(30)27(20,4)13-11-21(19)26/h14,16,19-22,24,30H,5-13,15H2,1-4H3,(H,28,31)(H,32,33)/t16-,19+,20-,21+,22-,24-,26-,27-/m0/s1. The molecule has 1 amide bonds. The molecule has 0 heterocycles. The van der Waals surface area contributed by atoms with E-state index in [1.165, 1.54) is 18.4 Å². The van der Waals surface area contributed by atoms with Gasteiger partial charge in [0.05, 0.1) is 11.8 Å². The Bertz CT molecular complexity index is 869. The van der Waals surface area contributed by atoms with Gasteiger partial charge in [-0.1, -0.05) is 44.8 Å². The van der Waals surface area contributed by atoms with Crippen molar-refractivity contribution in [1.29, 1.82) is 0 Å². The molecule has 0 radical (unpaired) electrons. The summed E-state index contributed by atoms with van der Waals surface area (Å²) in [5, 5.41) is 26.8. The van der Waals surface area contributed by atoms with Crippen molar-refractivity contribution in [3.8, 4) is 0 Å². The Kier molecular flexibility index (Phi) is 7.14. The normalized spacial score (nSPS) is 39.8. The van der Waals surface area contributed by atoms with Gasteiger partial charge in [0.2, 0.25) is 0 Å². The number of aliphatic hydroxyl groups is 1. The molecule has 0 bridgehead atoms. The molecule has 0 saturated heterocycles. The van der Waals surface area contributed by atoms with Crippen molar-refractivity contribution in [1.82, 2.24) is 5.32 Å². The number of fused-ring (bicyclic) bond motifs is 5. The highest BCUT2D eigenvalue weighted by atomic mass is 16.6. The Morgan fingerprint density at radius 1 is 1.18 bits per heavy atom. The highest BCUT2D eigenvalue weighted by Gasteiger charge is 2.58. The van der Waals surface area contributed by atoms with Gasteiger partial charge in [-0.2, -0.15) is 0 Å². The van der Waals surface area contributed by atoms with Crippen molar-refractivity contribution in [3.05, 3.63) is 11.6 Å². The Hall–Kier alpha value is -1.89. The Balaban J connectivity index is 1.38. The summed E-state index contributed by atoms with van der Waals surface area (Å²) in [6.07, 6.45) is 11.2. The van der Waals surface area contributed by atoms with E-state index in [2.05, 4.69) is 30.4 Å². The quantitative estimate of drug-likeness (QED) is 0.477. The van der Waals surface area contributed by atoms with Crippen LogP contribution in [0.1, 0.15) is 85.5 Å². The first-order valence-corrected chi connectivity index (χ1v) is 13.2. The highest BCUT2D eigenvalue weighted by molar-refractivity contribution is 5.96. The average molecular weight is 475 g/mol. The minimum Gasteiger partial charge on any atom is -0.480 e. The van der Waals surface area contributed by atoms with Gasteiger partial charge in [0.15, 0.2) is 6.61 Å². The van der Waals surface area contributed by atoms with Crippen LogP contribution in [0.2, 0.25) is 0 Å². The molecule has 7 heteroatoms. The highest BCUT2D eigenvalue weighted by Crippen LogP contribution is 2.65. The molecule has 0 spiro atoms. The number of hydrogen-bond donors (Lipinski definition) is 3. The van der Waals surface area contributed by atoms with Gasteiger partial charge in [-0.25, -0.2) is 4.79 Å². The molecule has 3 N–H and O–H groups in total. The summed E-state index contributed by atoms with van der Waals surface area (Å²) in [7, 11) is 0. The SMILES string of the molecule is CC[C@H](C)[C@H](NC(=O)CON=C1C=C2CC[C@H]3[C@@H](CC[C@]4(C)[C@@H](O)CC[C@@H]34)[C@@]2(C)CC1)C(=O)O. The number of aliphatic carboxylic acids is 1. The van der Waals surface area contributed by atoms with E-state index in [1.54, 1.807) is 0 Å². The zero-order valence-electron chi connectivity index (χ0n) is 21.2. The molecule has 8 atom stereocenters.